The Bertz CT molecular complexity index is 1070. The molecule has 1 amide bonds. The number of aromatic nitrogens is 2. The number of para-hydroxylation sites is 2. The fourth-order valence-electron chi connectivity index (χ4n) is 3.52. The van der Waals surface area contributed by atoms with E-state index in [0.717, 1.165) is 29.7 Å². The van der Waals surface area contributed by atoms with Crippen LogP contribution in [-0.4, -0.2) is 27.3 Å². The number of nitrogens with zero attached hydrogens (tertiary/aromatic N) is 2. The standard InChI is InChI=1S/C23H27N3O2S/c1-5-9-17(4)24-20(27)14-29-23-25-19-13-7-6-12-18(19)22(28)26(23)21-15(2)10-8-11-16(21)3/h6-8,10-13,17H,5,9,14H2,1-4H3,(H,24,27)/t17-/m1/s1. The third kappa shape index (κ3) is 4.70. The van der Waals surface area contributed by atoms with Crippen LogP contribution in [0.25, 0.3) is 16.6 Å². The van der Waals surface area contributed by atoms with Gasteiger partial charge in [0.05, 0.1) is 22.3 Å². The van der Waals surface area contributed by atoms with Crippen molar-refractivity contribution >= 4 is 28.6 Å². The Labute approximate surface area is 175 Å². The van der Waals surface area contributed by atoms with Gasteiger partial charge in [0.15, 0.2) is 5.16 Å². The Kier molecular flexibility index (Phi) is 6.75. The molecule has 1 aromatic heterocycles. The highest BCUT2D eigenvalue weighted by Gasteiger charge is 2.17. The monoisotopic (exact) mass is 409 g/mol. The third-order valence-electron chi connectivity index (χ3n) is 4.87. The van der Waals surface area contributed by atoms with Crippen molar-refractivity contribution in [2.24, 2.45) is 0 Å². The van der Waals surface area contributed by atoms with Crippen molar-refractivity contribution in [1.82, 2.24) is 14.9 Å². The number of carbonyl (C=O) groups is 1. The van der Waals surface area contributed by atoms with Crippen LogP contribution in [0.1, 0.15) is 37.8 Å². The number of rotatable bonds is 7. The van der Waals surface area contributed by atoms with Crippen LogP contribution in [-0.2, 0) is 4.79 Å². The van der Waals surface area contributed by atoms with Crippen LogP contribution >= 0.6 is 11.8 Å². The van der Waals surface area contributed by atoms with Crippen LogP contribution in [0.15, 0.2) is 52.4 Å². The summed E-state index contributed by atoms with van der Waals surface area (Å²) in [5.41, 5.74) is 3.34. The van der Waals surface area contributed by atoms with Gasteiger partial charge in [0.1, 0.15) is 0 Å². The summed E-state index contributed by atoms with van der Waals surface area (Å²) < 4.78 is 1.65. The van der Waals surface area contributed by atoms with E-state index in [2.05, 4.69) is 12.2 Å². The summed E-state index contributed by atoms with van der Waals surface area (Å²) in [5.74, 6) is 0.162. The van der Waals surface area contributed by atoms with Crippen molar-refractivity contribution in [2.45, 2.75) is 51.7 Å². The van der Waals surface area contributed by atoms with Crippen molar-refractivity contribution in [1.29, 1.82) is 0 Å². The molecule has 3 aromatic rings. The second-order valence-corrected chi connectivity index (χ2v) is 8.28. The molecule has 6 heteroatoms. The maximum atomic E-state index is 13.4. The molecule has 152 valence electrons. The molecule has 2 aromatic carbocycles. The van der Waals surface area contributed by atoms with Crippen LogP contribution in [0.4, 0.5) is 0 Å². The predicted octanol–water partition coefficient (Wildman–Crippen LogP) is 4.40. The van der Waals surface area contributed by atoms with Gasteiger partial charge in [-0.15, -0.1) is 0 Å². The lowest BCUT2D eigenvalue weighted by Crippen LogP contribution is -2.34. The first-order valence-electron chi connectivity index (χ1n) is 9.93. The molecule has 0 bridgehead atoms. The van der Waals surface area contributed by atoms with Gasteiger partial charge in [0, 0.05) is 6.04 Å². The highest BCUT2D eigenvalue weighted by molar-refractivity contribution is 7.99. The van der Waals surface area contributed by atoms with Crippen LogP contribution < -0.4 is 10.9 Å². The van der Waals surface area contributed by atoms with Gasteiger partial charge in [-0.2, -0.15) is 0 Å². The molecule has 0 aliphatic rings. The molecule has 0 radical (unpaired) electrons. The van der Waals surface area contributed by atoms with E-state index >= 15 is 0 Å². The normalized spacial score (nSPS) is 12.1. The largest absolute Gasteiger partial charge is 0.353 e. The number of amides is 1. The van der Waals surface area contributed by atoms with Crippen molar-refractivity contribution in [2.75, 3.05) is 5.75 Å². The van der Waals surface area contributed by atoms with Gasteiger partial charge in [-0.1, -0.05) is 55.4 Å². The lowest BCUT2D eigenvalue weighted by Gasteiger charge is -2.17. The molecule has 0 unspecified atom stereocenters. The Morgan fingerprint density at radius 2 is 1.83 bits per heavy atom. The van der Waals surface area contributed by atoms with Crippen molar-refractivity contribution in [3.8, 4) is 5.69 Å². The van der Waals surface area contributed by atoms with Crippen LogP contribution in [0.3, 0.4) is 0 Å². The second kappa shape index (κ2) is 9.27. The zero-order valence-electron chi connectivity index (χ0n) is 17.4. The van der Waals surface area contributed by atoms with E-state index in [1.165, 1.54) is 11.8 Å². The van der Waals surface area contributed by atoms with E-state index < -0.39 is 0 Å². The Balaban J connectivity index is 2.04. The minimum atomic E-state index is -0.116. The molecule has 0 saturated carbocycles. The van der Waals surface area contributed by atoms with Gasteiger partial charge >= 0.3 is 0 Å². The predicted molar refractivity (Wildman–Crippen MR) is 120 cm³/mol. The molecular weight excluding hydrogens is 382 g/mol. The number of hydrogen-bond donors (Lipinski definition) is 1. The van der Waals surface area contributed by atoms with Gasteiger partial charge in [0.25, 0.3) is 5.56 Å². The number of carbonyl (C=O) groups excluding carboxylic acids is 1. The zero-order valence-corrected chi connectivity index (χ0v) is 18.2. The van der Waals surface area contributed by atoms with E-state index in [-0.39, 0.29) is 23.3 Å². The number of hydrogen-bond acceptors (Lipinski definition) is 4. The topological polar surface area (TPSA) is 64.0 Å². The fraction of sp³-hybridized carbons (Fsp3) is 0.348. The van der Waals surface area contributed by atoms with Crippen LogP contribution in [0, 0.1) is 13.8 Å². The van der Waals surface area contributed by atoms with Crippen LogP contribution in [0.2, 0.25) is 0 Å². The molecule has 0 spiro atoms. The summed E-state index contributed by atoms with van der Waals surface area (Å²) in [7, 11) is 0. The quantitative estimate of drug-likeness (QED) is 0.464. The Morgan fingerprint density at radius 1 is 1.14 bits per heavy atom. The lowest BCUT2D eigenvalue weighted by atomic mass is 10.1. The summed E-state index contributed by atoms with van der Waals surface area (Å²) >= 11 is 1.30. The molecule has 1 heterocycles. The zero-order chi connectivity index (χ0) is 21.0. The number of thioether (sulfide) groups is 1. The van der Waals surface area contributed by atoms with Gasteiger partial charge < -0.3 is 5.32 Å². The van der Waals surface area contributed by atoms with E-state index in [1.807, 2.05) is 57.2 Å². The van der Waals surface area contributed by atoms with Gasteiger partial charge in [-0.3, -0.25) is 14.2 Å². The average Bonchev–Trinajstić information content (AvgIpc) is 2.68. The lowest BCUT2D eigenvalue weighted by molar-refractivity contribution is -0.119. The fourth-order valence-corrected chi connectivity index (χ4v) is 4.33. The Hall–Kier alpha value is -2.60. The maximum absolute atomic E-state index is 13.4. The minimum Gasteiger partial charge on any atom is -0.353 e. The second-order valence-electron chi connectivity index (χ2n) is 7.34. The minimum absolute atomic E-state index is 0.0496. The van der Waals surface area contributed by atoms with E-state index in [4.69, 9.17) is 4.98 Å². The summed E-state index contributed by atoms with van der Waals surface area (Å²) in [6.07, 6.45) is 1.96. The molecule has 1 N–H and O–H groups in total. The van der Waals surface area contributed by atoms with E-state index in [9.17, 15) is 9.59 Å². The number of benzene rings is 2. The van der Waals surface area contributed by atoms with E-state index in [0.29, 0.717) is 16.1 Å². The van der Waals surface area contributed by atoms with Crippen molar-refractivity contribution in [3.05, 3.63) is 63.9 Å². The van der Waals surface area contributed by atoms with Crippen molar-refractivity contribution < 1.29 is 4.79 Å². The molecule has 29 heavy (non-hydrogen) atoms. The molecule has 0 saturated heterocycles. The smallest absolute Gasteiger partial charge is 0.266 e. The Morgan fingerprint density at radius 3 is 2.52 bits per heavy atom. The van der Waals surface area contributed by atoms with Gasteiger partial charge in [-0.25, -0.2) is 4.98 Å². The van der Waals surface area contributed by atoms with E-state index in [1.54, 1.807) is 10.6 Å². The first-order valence-corrected chi connectivity index (χ1v) is 10.9. The summed E-state index contributed by atoms with van der Waals surface area (Å²) in [4.78, 5) is 30.5. The molecule has 3 rings (SSSR count). The molecule has 1 atom stereocenters. The summed E-state index contributed by atoms with van der Waals surface area (Å²) in [5, 5.41) is 4.11. The SMILES string of the molecule is CCC[C@@H](C)NC(=O)CSc1nc2ccccc2c(=O)n1-c1c(C)cccc1C. The maximum Gasteiger partial charge on any atom is 0.266 e. The first kappa shape index (κ1) is 21.1. The third-order valence-corrected chi connectivity index (χ3v) is 5.81. The molecule has 0 fully saturated rings. The van der Waals surface area contributed by atoms with Crippen molar-refractivity contribution in [3.63, 3.8) is 0 Å². The van der Waals surface area contributed by atoms with Gasteiger partial charge in [0.2, 0.25) is 5.91 Å². The molecular formula is C23H27N3O2S. The highest BCUT2D eigenvalue weighted by atomic mass is 32.2. The highest BCUT2D eigenvalue weighted by Crippen LogP contribution is 2.25. The molecule has 0 aliphatic carbocycles. The number of aryl methyl sites for hydroxylation is 2. The number of nitrogens with one attached hydrogen (secondary N) is 1. The first-order chi connectivity index (χ1) is 13.9. The number of fused-ring (bicyclic) bond motifs is 1. The van der Waals surface area contributed by atoms with Crippen LogP contribution in [0.5, 0.6) is 0 Å². The average molecular weight is 410 g/mol. The summed E-state index contributed by atoms with van der Waals surface area (Å²) in [6.45, 7) is 8.07. The summed E-state index contributed by atoms with van der Waals surface area (Å²) in [6, 6.07) is 13.4. The molecule has 0 aliphatic heterocycles. The molecule has 5 nitrogen and oxygen atoms in total. The van der Waals surface area contributed by atoms with Gasteiger partial charge in [-0.05, 0) is 50.5 Å².